The van der Waals surface area contributed by atoms with Gasteiger partial charge in [0, 0.05) is 59.6 Å². The molecule has 0 aromatic carbocycles. The van der Waals surface area contributed by atoms with Crippen molar-refractivity contribution in [3.63, 3.8) is 0 Å². The number of amides is 1. The van der Waals surface area contributed by atoms with Crippen LogP contribution >= 0.6 is 0 Å². The maximum atomic E-state index is 11.6. The van der Waals surface area contributed by atoms with Gasteiger partial charge in [0.25, 0.3) is 0 Å². The van der Waals surface area contributed by atoms with Crippen LogP contribution in [0.4, 0.5) is 5.82 Å². The first-order chi connectivity index (χ1) is 10.6. The van der Waals surface area contributed by atoms with Crippen LogP contribution in [-0.4, -0.2) is 74.1 Å². The highest BCUT2D eigenvalue weighted by molar-refractivity contribution is 5.77. The van der Waals surface area contributed by atoms with Gasteiger partial charge in [-0.2, -0.15) is 0 Å². The number of anilines is 1. The molecule has 0 aliphatic carbocycles. The van der Waals surface area contributed by atoms with Crippen molar-refractivity contribution < 1.29 is 4.79 Å². The van der Waals surface area contributed by atoms with E-state index in [9.17, 15) is 4.79 Å². The Bertz CT molecular complexity index is 466. The zero-order valence-corrected chi connectivity index (χ0v) is 13.9. The van der Waals surface area contributed by atoms with Crippen LogP contribution in [0.3, 0.4) is 0 Å². The smallest absolute Gasteiger partial charge is 0.234 e. The number of aromatic nitrogens is 1. The highest BCUT2D eigenvalue weighted by Crippen LogP contribution is 2.11. The molecule has 0 spiro atoms. The molecule has 122 valence electrons. The summed E-state index contributed by atoms with van der Waals surface area (Å²) in [6, 6.07) is 4.20. The summed E-state index contributed by atoms with van der Waals surface area (Å²) < 4.78 is 0. The van der Waals surface area contributed by atoms with Crippen LogP contribution in [0.2, 0.25) is 0 Å². The largest absolute Gasteiger partial charge is 0.363 e. The van der Waals surface area contributed by atoms with E-state index in [4.69, 9.17) is 0 Å². The van der Waals surface area contributed by atoms with Crippen LogP contribution < -0.4 is 10.2 Å². The van der Waals surface area contributed by atoms with Crippen molar-refractivity contribution in [1.82, 2.24) is 20.1 Å². The minimum atomic E-state index is 0.124. The van der Waals surface area contributed by atoms with Crippen molar-refractivity contribution in [1.29, 1.82) is 0 Å². The molecule has 1 aromatic heterocycles. The Morgan fingerprint density at radius 3 is 2.45 bits per heavy atom. The fourth-order valence-corrected chi connectivity index (χ4v) is 2.59. The van der Waals surface area contributed by atoms with E-state index in [-0.39, 0.29) is 5.91 Å². The number of piperazine rings is 1. The minimum Gasteiger partial charge on any atom is -0.363 e. The molecule has 1 aromatic rings. The maximum absolute atomic E-state index is 11.6. The fraction of sp³-hybridized carbons (Fsp3) is 0.625. The maximum Gasteiger partial charge on any atom is 0.234 e. The van der Waals surface area contributed by atoms with Gasteiger partial charge in [0.05, 0.1) is 6.54 Å². The van der Waals surface area contributed by atoms with Gasteiger partial charge in [0.2, 0.25) is 5.91 Å². The van der Waals surface area contributed by atoms with Gasteiger partial charge in [-0.25, -0.2) is 4.98 Å². The fourth-order valence-electron chi connectivity index (χ4n) is 2.59. The molecule has 1 fully saturated rings. The Hall–Kier alpha value is -1.66. The second kappa shape index (κ2) is 8.10. The van der Waals surface area contributed by atoms with Gasteiger partial charge < -0.3 is 10.2 Å². The van der Waals surface area contributed by atoms with Crippen LogP contribution in [0.5, 0.6) is 0 Å². The normalized spacial score (nSPS) is 16.5. The first kappa shape index (κ1) is 16.7. The molecule has 1 saturated heterocycles. The zero-order chi connectivity index (χ0) is 15.9. The first-order valence-electron chi connectivity index (χ1n) is 7.92. The summed E-state index contributed by atoms with van der Waals surface area (Å²) in [5, 5.41) is 2.85. The molecule has 22 heavy (non-hydrogen) atoms. The summed E-state index contributed by atoms with van der Waals surface area (Å²) in [4.78, 5) is 22.7. The number of carbonyl (C=O) groups is 1. The Labute approximate surface area is 133 Å². The summed E-state index contributed by atoms with van der Waals surface area (Å²) in [5.41, 5.74) is 1.24. The van der Waals surface area contributed by atoms with Crippen molar-refractivity contribution in [3.8, 4) is 0 Å². The van der Waals surface area contributed by atoms with Crippen LogP contribution in [0.25, 0.3) is 0 Å². The average molecular weight is 305 g/mol. The summed E-state index contributed by atoms with van der Waals surface area (Å²) in [7, 11) is 3.99. The molecule has 6 nitrogen and oxygen atoms in total. The molecule has 0 bridgehead atoms. The number of nitrogens with one attached hydrogen (secondary N) is 1. The molecule has 0 radical (unpaired) electrons. The lowest BCUT2D eigenvalue weighted by Gasteiger charge is -2.34. The Kier molecular flexibility index (Phi) is 6.15. The lowest BCUT2D eigenvalue weighted by atomic mass is 10.2. The topological polar surface area (TPSA) is 51.7 Å². The van der Waals surface area contributed by atoms with Gasteiger partial charge in [-0.15, -0.1) is 0 Å². The van der Waals surface area contributed by atoms with Crippen LogP contribution in [0.1, 0.15) is 12.5 Å². The average Bonchev–Trinajstić information content (AvgIpc) is 2.50. The monoisotopic (exact) mass is 305 g/mol. The molecule has 2 heterocycles. The number of hydrogen-bond acceptors (Lipinski definition) is 5. The van der Waals surface area contributed by atoms with Crippen LogP contribution in [-0.2, 0) is 11.3 Å². The molecule has 1 N–H and O–H groups in total. The quantitative estimate of drug-likeness (QED) is 0.824. The van der Waals surface area contributed by atoms with Crippen molar-refractivity contribution >= 4 is 11.7 Å². The lowest BCUT2D eigenvalue weighted by molar-refractivity contribution is -0.122. The second-order valence-corrected chi connectivity index (χ2v) is 5.92. The van der Waals surface area contributed by atoms with E-state index >= 15 is 0 Å². The Balaban J connectivity index is 1.76. The Morgan fingerprint density at radius 2 is 1.91 bits per heavy atom. The predicted molar refractivity (Wildman–Crippen MR) is 89.0 cm³/mol. The third-order valence-electron chi connectivity index (χ3n) is 3.88. The van der Waals surface area contributed by atoms with E-state index in [1.54, 1.807) is 0 Å². The minimum absolute atomic E-state index is 0.124. The Morgan fingerprint density at radius 1 is 1.23 bits per heavy atom. The molecule has 1 aliphatic heterocycles. The van der Waals surface area contributed by atoms with Gasteiger partial charge in [-0.05, 0) is 18.6 Å². The lowest BCUT2D eigenvalue weighted by Crippen LogP contribution is -2.49. The van der Waals surface area contributed by atoms with Gasteiger partial charge in [0.1, 0.15) is 5.82 Å². The molecule has 2 rings (SSSR count). The van der Waals surface area contributed by atoms with Crippen molar-refractivity contribution in [2.45, 2.75) is 13.5 Å². The van der Waals surface area contributed by atoms with Gasteiger partial charge >= 0.3 is 0 Å². The third-order valence-corrected chi connectivity index (χ3v) is 3.88. The molecule has 0 unspecified atom stereocenters. The van der Waals surface area contributed by atoms with E-state index in [2.05, 4.69) is 32.2 Å². The van der Waals surface area contributed by atoms with Gasteiger partial charge in [0.15, 0.2) is 0 Å². The molecule has 6 heteroatoms. The first-order valence-corrected chi connectivity index (χ1v) is 7.92. The number of pyridine rings is 1. The highest BCUT2D eigenvalue weighted by atomic mass is 16.2. The highest BCUT2D eigenvalue weighted by Gasteiger charge is 2.18. The van der Waals surface area contributed by atoms with E-state index < -0.39 is 0 Å². The van der Waals surface area contributed by atoms with Crippen molar-refractivity contribution in [2.75, 3.05) is 58.3 Å². The molecule has 0 atom stereocenters. The van der Waals surface area contributed by atoms with Crippen LogP contribution in [0.15, 0.2) is 18.3 Å². The summed E-state index contributed by atoms with van der Waals surface area (Å²) in [6.45, 7) is 7.97. The summed E-state index contributed by atoms with van der Waals surface area (Å²) >= 11 is 0. The van der Waals surface area contributed by atoms with E-state index in [0.717, 1.165) is 38.5 Å². The van der Waals surface area contributed by atoms with E-state index in [0.29, 0.717) is 13.1 Å². The number of hydrogen-bond donors (Lipinski definition) is 1. The standard InChI is InChI=1S/C16H27N5O/c1-4-17-16(22)13-21-9-7-20(8-10-21)12-14-5-6-15(18-11-14)19(2)3/h5-6,11H,4,7-10,12-13H2,1-3H3,(H,17,22). The second-order valence-electron chi connectivity index (χ2n) is 5.92. The number of likely N-dealkylation sites (N-methyl/N-ethyl adjacent to an activating group) is 1. The molecule has 1 aliphatic rings. The molecule has 0 saturated carbocycles. The zero-order valence-electron chi connectivity index (χ0n) is 13.9. The van der Waals surface area contributed by atoms with Gasteiger partial charge in [-0.1, -0.05) is 6.07 Å². The predicted octanol–water partition coefficient (Wildman–Crippen LogP) is 0.401. The molecular formula is C16H27N5O. The number of carbonyl (C=O) groups excluding carboxylic acids is 1. The molecular weight excluding hydrogens is 278 g/mol. The van der Waals surface area contributed by atoms with Crippen LogP contribution in [0, 0.1) is 0 Å². The van der Waals surface area contributed by atoms with E-state index in [1.165, 1.54) is 5.56 Å². The number of nitrogens with zero attached hydrogens (tertiary/aromatic N) is 4. The van der Waals surface area contributed by atoms with Crippen molar-refractivity contribution in [3.05, 3.63) is 23.9 Å². The summed E-state index contributed by atoms with van der Waals surface area (Å²) in [5.74, 6) is 1.11. The molecule has 1 amide bonds. The van der Waals surface area contributed by atoms with Crippen molar-refractivity contribution in [2.24, 2.45) is 0 Å². The van der Waals surface area contributed by atoms with E-state index in [1.807, 2.05) is 32.1 Å². The third kappa shape index (κ3) is 4.96. The SMILES string of the molecule is CCNC(=O)CN1CCN(Cc2ccc(N(C)C)nc2)CC1. The number of rotatable bonds is 6. The van der Waals surface area contributed by atoms with Gasteiger partial charge in [-0.3, -0.25) is 14.6 Å². The summed E-state index contributed by atoms with van der Waals surface area (Å²) in [6.07, 6.45) is 1.95.